The van der Waals surface area contributed by atoms with E-state index in [1.165, 1.54) is 37.4 Å². The number of aromatic nitrogens is 1. The lowest BCUT2D eigenvalue weighted by molar-refractivity contribution is -0.385. The summed E-state index contributed by atoms with van der Waals surface area (Å²) in [4.78, 5) is 13.8. The maximum Gasteiger partial charge on any atom is 0.274 e. The first kappa shape index (κ1) is 15.2. The van der Waals surface area contributed by atoms with E-state index in [9.17, 15) is 18.5 Å². The molecular weight excluding hydrogens is 318 g/mol. The predicted octanol–water partition coefficient (Wildman–Crippen LogP) is 2.75. The molecule has 1 N–H and O–H groups in total. The molecule has 0 aliphatic carbocycles. The smallest absolute Gasteiger partial charge is 0.274 e. The number of pyridine rings is 1. The van der Waals surface area contributed by atoms with E-state index in [-0.39, 0.29) is 26.9 Å². The summed E-state index contributed by atoms with van der Waals surface area (Å²) in [5.74, 6) is 0. The maximum atomic E-state index is 12.3. The van der Waals surface area contributed by atoms with Gasteiger partial charge in [-0.25, -0.2) is 8.42 Å². The second-order valence-electron chi connectivity index (χ2n) is 4.12. The second kappa shape index (κ2) is 5.66. The zero-order valence-electron chi connectivity index (χ0n) is 10.8. The molecule has 0 fully saturated rings. The Hall–Kier alpha value is -2.19. The summed E-state index contributed by atoms with van der Waals surface area (Å²) in [7, 11) is -3.98. The van der Waals surface area contributed by atoms with E-state index in [0.29, 0.717) is 0 Å². The summed E-state index contributed by atoms with van der Waals surface area (Å²) < 4.78 is 26.8. The van der Waals surface area contributed by atoms with Crippen molar-refractivity contribution >= 4 is 33.0 Å². The zero-order valence-corrected chi connectivity index (χ0v) is 12.4. The van der Waals surface area contributed by atoms with Gasteiger partial charge in [-0.3, -0.25) is 19.8 Å². The maximum absolute atomic E-state index is 12.3. The van der Waals surface area contributed by atoms with Crippen LogP contribution in [0, 0.1) is 17.0 Å². The van der Waals surface area contributed by atoms with Gasteiger partial charge in [-0.1, -0.05) is 17.7 Å². The Kier molecular flexibility index (Phi) is 4.10. The van der Waals surface area contributed by atoms with Crippen molar-refractivity contribution in [3.8, 4) is 0 Å². The van der Waals surface area contributed by atoms with Crippen LogP contribution in [0.1, 0.15) is 5.56 Å². The van der Waals surface area contributed by atoms with Crippen molar-refractivity contribution in [2.75, 3.05) is 4.72 Å². The van der Waals surface area contributed by atoms with Gasteiger partial charge in [0.05, 0.1) is 21.2 Å². The molecule has 0 amide bonds. The van der Waals surface area contributed by atoms with Crippen LogP contribution in [-0.2, 0) is 10.0 Å². The number of sulfonamides is 1. The molecule has 0 aliphatic rings. The standard InChI is InChI=1S/C12H10ClN3O4S/c1-8-10(3-2-4-11(8)16(17)18)15-21(19,20)12-7-14-6-5-9(12)13/h2-7,15H,1H3. The first-order valence-corrected chi connectivity index (χ1v) is 7.55. The molecule has 7 nitrogen and oxygen atoms in total. The van der Waals surface area contributed by atoms with E-state index in [1.807, 2.05) is 0 Å². The first-order chi connectivity index (χ1) is 9.83. The Morgan fingerprint density at radius 1 is 1.33 bits per heavy atom. The minimum atomic E-state index is -3.98. The van der Waals surface area contributed by atoms with E-state index in [4.69, 9.17) is 11.6 Å². The Morgan fingerprint density at radius 3 is 2.67 bits per heavy atom. The number of rotatable bonds is 4. The van der Waals surface area contributed by atoms with E-state index in [2.05, 4.69) is 9.71 Å². The molecule has 0 saturated carbocycles. The fourth-order valence-corrected chi connectivity index (χ4v) is 3.25. The van der Waals surface area contributed by atoms with Crippen LogP contribution >= 0.6 is 11.6 Å². The van der Waals surface area contributed by atoms with Crippen LogP contribution < -0.4 is 4.72 Å². The third kappa shape index (κ3) is 3.11. The number of halogens is 1. The van der Waals surface area contributed by atoms with Gasteiger partial charge in [0, 0.05) is 18.5 Å². The van der Waals surface area contributed by atoms with Crippen molar-refractivity contribution in [2.45, 2.75) is 11.8 Å². The van der Waals surface area contributed by atoms with Crippen molar-refractivity contribution in [3.05, 3.63) is 57.4 Å². The summed E-state index contributed by atoms with van der Waals surface area (Å²) in [6.07, 6.45) is 2.47. The highest BCUT2D eigenvalue weighted by Crippen LogP contribution is 2.28. The van der Waals surface area contributed by atoms with Gasteiger partial charge in [-0.05, 0) is 19.1 Å². The molecular formula is C12H10ClN3O4S. The molecule has 0 atom stereocenters. The molecule has 2 rings (SSSR count). The molecule has 0 spiro atoms. The van der Waals surface area contributed by atoms with Crippen LogP contribution in [0.2, 0.25) is 5.02 Å². The minimum Gasteiger partial charge on any atom is -0.279 e. The van der Waals surface area contributed by atoms with Crippen molar-refractivity contribution in [1.29, 1.82) is 0 Å². The largest absolute Gasteiger partial charge is 0.279 e. The molecule has 0 radical (unpaired) electrons. The number of nitro groups is 1. The van der Waals surface area contributed by atoms with Crippen LogP contribution in [-0.4, -0.2) is 18.3 Å². The molecule has 0 aliphatic heterocycles. The molecule has 1 heterocycles. The van der Waals surface area contributed by atoms with E-state index < -0.39 is 14.9 Å². The molecule has 9 heteroatoms. The monoisotopic (exact) mass is 327 g/mol. The average Bonchev–Trinajstić information content (AvgIpc) is 2.41. The number of hydrogen-bond donors (Lipinski definition) is 1. The quantitative estimate of drug-likeness (QED) is 0.687. The molecule has 21 heavy (non-hydrogen) atoms. The van der Waals surface area contributed by atoms with Gasteiger partial charge < -0.3 is 0 Å². The molecule has 1 aromatic carbocycles. The fraction of sp³-hybridized carbons (Fsp3) is 0.0833. The topological polar surface area (TPSA) is 102 Å². The van der Waals surface area contributed by atoms with Crippen molar-refractivity contribution in [3.63, 3.8) is 0 Å². The Bertz CT molecular complexity index is 808. The van der Waals surface area contributed by atoms with Gasteiger partial charge in [0.2, 0.25) is 0 Å². The average molecular weight is 328 g/mol. The fourth-order valence-electron chi connectivity index (χ4n) is 1.69. The Morgan fingerprint density at radius 2 is 2.05 bits per heavy atom. The summed E-state index contributed by atoms with van der Waals surface area (Å²) in [5.41, 5.74) is 0.155. The summed E-state index contributed by atoms with van der Waals surface area (Å²) >= 11 is 5.83. The number of nitrogens with one attached hydrogen (secondary N) is 1. The van der Waals surface area contributed by atoms with Gasteiger partial charge in [-0.2, -0.15) is 0 Å². The molecule has 1 aromatic heterocycles. The highest BCUT2D eigenvalue weighted by Gasteiger charge is 2.21. The minimum absolute atomic E-state index is 0.0144. The van der Waals surface area contributed by atoms with Gasteiger partial charge >= 0.3 is 0 Å². The van der Waals surface area contributed by atoms with E-state index >= 15 is 0 Å². The third-order valence-electron chi connectivity index (χ3n) is 2.77. The van der Waals surface area contributed by atoms with Crippen LogP contribution in [0.3, 0.4) is 0 Å². The zero-order chi connectivity index (χ0) is 15.6. The molecule has 0 unspecified atom stereocenters. The van der Waals surface area contributed by atoms with Crippen molar-refractivity contribution < 1.29 is 13.3 Å². The molecule has 0 bridgehead atoms. The second-order valence-corrected chi connectivity index (χ2v) is 6.18. The van der Waals surface area contributed by atoms with Gasteiger partial charge in [0.25, 0.3) is 15.7 Å². The van der Waals surface area contributed by atoms with Crippen molar-refractivity contribution in [2.24, 2.45) is 0 Å². The summed E-state index contributed by atoms with van der Waals surface area (Å²) in [6.45, 7) is 1.46. The van der Waals surface area contributed by atoms with E-state index in [1.54, 1.807) is 0 Å². The SMILES string of the molecule is Cc1c(NS(=O)(=O)c2cnccc2Cl)cccc1[N+](=O)[O-]. The number of anilines is 1. The van der Waals surface area contributed by atoms with Crippen molar-refractivity contribution in [1.82, 2.24) is 4.98 Å². The summed E-state index contributed by atoms with van der Waals surface area (Å²) in [5, 5.41) is 10.9. The Labute approximate surface area is 125 Å². The summed E-state index contributed by atoms with van der Waals surface area (Å²) in [6, 6.07) is 5.47. The number of nitrogens with zero attached hydrogens (tertiary/aromatic N) is 2. The molecule has 110 valence electrons. The van der Waals surface area contributed by atoms with Gasteiger partial charge in [0.1, 0.15) is 4.90 Å². The van der Waals surface area contributed by atoms with Gasteiger partial charge in [-0.15, -0.1) is 0 Å². The van der Waals surface area contributed by atoms with Crippen LogP contribution in [0.5, 0.6) is 0 Å². The van der Waals surface area contributed by atoms with Crippen LogP contribution in [0.4, 0.5) is 11.4 Å². The van der Waals surface area contributed by atoms with Crippen LogP contribution in [0.25, 0.3) is 0 Å². The lowest BCUT2D eigenvalue weighted by atomic mass is 10.2. The first-order valence-electron chi connectivity index (χ1n) is 5.69. The lowest BCUT2D eigenvalue weighted by Crippen LogP contribution is -2.14. The van der Waals surface area contributed by atoms with E-state index in [0.717, 1.165) is 6.20 Å². The highest BCUT2D eigenvalue weighted by atomic mass is 35.5. The molecule has 2 aromatic rings. The lowest BCUT2D eigenvalue weighted by Gasteiger charge is -2.11. The predicted molar refractivity (Wildman–Crippen MR) is 77.9 cm³/mol. The number of hydrogen-bond acceptors (Lipinski definition) is 5. The van der Waals surface area contributed by atoms with Gasteiger partial charge in [0.15, 0.2) is 0 Å². The highest BCUT2D eigenvalue weighted by molar-refractivity contribution is 7.92. The number of nitro benzene ring substituents is 1. The Balaban J connectivity index is 2.45. The molecule has 0 saturated heterocycles. The normalized spacial score (nSPS) is 11.1. The van der Waals surface area contributed by atoms with Crippen LogP contribution in [0.15, 0.2) is 41.6 Å². The number of benzene rings is 1. The third-order valence-corrected chi connectivity index (χ3v) is 4.60.